The molecule has 0 atom stereocenters. The molecule has 0 bridgehead atoms. The van der Waals surface area contributed by atoms with Crippen LogP contribution in [0, 0.1) is 0 Å². The highest BCUT2D eigenvalue weighted by Crippen LogP contribution is 2.13. The first kappa shape index (κ1) is 10.8. The molecule has 0 unspecified atom stereocenters. The van der Waals surface area contributed by atoms with E-state index in [1.165, 1.54) is 5.56 Å². The minimum absolute atomic E-state index is 0.566. The van der Waals surface area contributed by atoms with Gasteiger partial charge in [0.15, 0.2) is 0 Å². The van der Waals surface area contributed by atoms with Crippen molar-refractivity contribution in [3.8, 4) is 0 Å². The lowest BCUT2D eigenvalue weighted by Crippen LogP contribution is -1.88. The first-order valence-corrected chi connectivity index (χ1v) is 5.52. The van der Waals surface area contributed by atoms with Crippen LogP contribution >= 0.6 is 27.5 Å². The van der Waals surface area contributed by atoms with E-state index in [4.69, 9.17) is 11.6 Å². The fourth-order valence-electron chi connectivity index (χ4n) is 1.04. The van der Waals surface area contributed by atoms with Gasteiger partial charge in [0.2, 0.25) is 0 Å². The molecule has 0 aliphatic heterocycles. The van der Waals surface area contributed by atoms with Crippen molar-refractivity contribution in [2.45, 2.75) is 12.8 Å². The predicted molar refractivity (Wildman–Crippen MR) is 62.3 cm³/mol. The number of aryl methyl sites for hydroxylation is 1. The van der Waals surface area contributed by atoms with Gasteiger partial charge in [-0.3, -0.25) is 0 Å². The third-order valence-electron chi connectivity index (χ3n) is 1.87. The molecule has 0 heterocycles. The largest absolute Gasteiger partial charge is 0.122 e. The highest BCUT2D eigenvalue weighted by atomic mass is 79.9. The van der Waals surface area contributed by atoms with Crippen molar-refractivity contribution < 1.29 is 0 Å². The van der Waals surface area contributed by atoms with E-state index >= 15 is 0 Å². The molecule has 0 aromatic heterocycles. The summed E-state index contributed by atoms with van der Waals surface area (Å²) in [5, 5.41) is 0. The van der Waals surface area contributed by atoms with Crippen molar-refractivity contribution in [3.05, 3.63) is 46.5 Å². The second-order valence-electron chi connectivity index (χ2n) is 3.01. The molecule has 70 valence electrons. The van der Waals surface area contributed by atoms with E-state index in [-0.39, 0.29) is 0 Å². The van der Waals surface area contributed by atoms with Crippen molar-refractivity contribution in [2.24, 2.45) is 0 Å². The second kappa shape index (κ2) is 5.46. The van der Waals surface area contributed by atoms with Crippen LogP contribution in [0.5, 0.6) is 0 Å². The zero-order valence-electron chi connectivity index (χ0n) is 7.39. The fraction of sp³-hybridized carbons (Fsp3) is 0.273. The van der Waals surface area contributed by atoms with Crippen LogP contribution in [0.2, 0.25) is 0 Å². The molecule has 0 aliphatic rings. The average molecular weight is 260 g/mol. The van der Waals surface area contributed by atoms with Crippen LogP contribution in [0.15, 0.2) is 40.9 Å². The lowest BCUT2D eigenvalue weighted by Gasteiger charge is -2.02. The Morgan fingerprint density at radius 3 is 2.46 bits per heavy atom. The molecule has 0 amide bonds. The molecule has 0 spiro atoms. The normalized spacial score (nSPS) is 10.0. The van der Waals surface area contributed by atoms with Gasteiger partial charge in [0.1, 0.15) is 0 Å². The Hall–Kier alpha value is -0.270. The Kier molecular flexibility index (Phi) is 4.54. The summed E-state index contributed by atoms with van der Waals surface area (Å²) in [5.41, 5.74) is 2.43. The van der Waals surface area contributed by atoms with Gasteiger partial charge in [0.25, 0.3) is 0 Å². The zero-order valence-corrected chi connectivity index (χ0v) is 9.74. The van der Waals surface area contributed by atoms with Gasteiger partial charge < -0.3 is 0 Å². The van der Waals surface area contributed by atoms with Gasteiger partial charge in [-0.25, -0.2) is 0 Å². The summed E-state index contributed by atoms with van der Waals surface area (Å²) in [5.74, 6) is 0.566. The molecule has 1 aromatic carbocycles. The maximum absolute atomic E-state index is 5.64. The van der Waals surface area contributed by atoms with Gasteiger partial charge in [-0.2, -0.15) is 0 Å². The SMILES string of the molecule is C=C(CCl)CCc1ccc(Br)cc1. The van der Waals surface area contributed by atoms with E-state index in [0.717, 1.165) is 22.9 Å². The molecule has 0 N–H and O–H groups in total. The van der Waals surface area contributed by atoms with Gasteiger partial charge in [0.05, 0.1) is 0 Å². The molecule has 0 fully saturated rings. The number of hydrogen-bond acceptors (Lipinski definition) is 0. The third-order valence-corrected chi connectivity index (χ3v) is 2.78. The average Bonchev–Trinajstić information content (AvgIpc) is 2.16. The molecule has 0 saturated heterocycles. The first-order chi connectivity index (χ1) is 6.22. The highest BCUT2D eigenvalue weighted by molar-refractivity contribution is 9.10. The quantitative estimate of drug-likeness (QED) is 0.562. The van der Waals surface area contributed by atoms with Crippen molar-refractivity contribution >= 4 is 27.5 Å². The lowest BCUT2D eigenvalue weighted by atomic mass is 10.1. The van der Waals surface area contributed by atoms with Crippen LogP contribution in [0.4, 0.5) is 0 Å². The highest BCUT2D eigenvalue weighted by Gasteiger charge is 1.95. The van der Waals surface area contributed by atoms with Crippen LogP contribution < -0.4 is 0 Å². The number of alkyl halides is 1. The molecular formula is C11H12BrCl. The van der Waals surface area contributed by atoms with E-state index in [1.807, 2.05) is 0 Å². The first-order valence-electron chi connectivity index (χ1n) is 4.19. The van der Waals surface area contributed by atoms with E-state index in [9.17, 15) is 0 Å². The minimum atomic E-state index is 0.566. The standard InChI is InChI=1S/C11H12BrCl/c1-9(8-13)2-3-10-4-6-11(12)7-5-10/h4-7H,1-3,8H2. The Balaban J connectivity index is 2.46. The monoisotopic (exact) mass is 258 g/mol. The van der Waals surface area contributed by atoms with Gasteiger partial charge in [0, 0.05) is 10.4 Å². The Labute approximate surface area is 92.7 Å². The Morgan fingerprint density at radius 1 is 1.31 bits per heavy atom. The van der Waals surface area contributed by atoms with Crippen molar-refractivity contribution in [1.29, 1.82) is 0 Å². The number of benzene rings is 1. The Bertz CT molecular complexity index is 277. The summed E-state index contributed by atoms with van der Waals surface area (Å²) in [4.78, 5) is 0. The predicted octanol–water partition coefficient (Wildman–Crippen LogP) is 4.18. The topological polar surface area (TPSA) is 0 Å². The molecule has 1 rings (SSSR count). The molecule has 0 nitrogen and oxygen atoms in total. The molecule has 1 aromatic rings. The van der Waals surface area contributed by atoms with Crippen molar-refractivity contribution in [1.82, 2.24) is 0 Å². The van der Waals surface area contributed by atoms with E-state index in [2.05, 4.69) is 46.8 Å². The fourth-order valence-corrected chi connectivity index (χ4v) is 1.44. The molecule has 0 aliphatic carbocycles. The summed E-state index contributed by atoms with van der Waals surface area (Å²) in [6.07, 6.45) is 2.00. The number of hydrogen-bond donors (Lipinski definition) is 0. The smallest absolute Gasteiger partial charge is 0.0431 e. The van der Waals surface area contributed by atoms with Crippen LogP contribution in [-0.4, -0.2) is 5.88 Å². The lowest BCUT2D eigenvalue weighted by molar-refractivity contribution is 0.948. The van der Waals surface area contributed by atoms with Gasteiger partial charge >= 0.3 is 0 Å². The number of halogens is 2. The molecule has 0 radical (unpaired) electrons. The van der Waals surface area contributed by atoms with Crippen molar-refractivity contribution in [2.75, 3.05) is 5.88 Å². The summed E-state index contributed by atoms with van der Waals surface area (Å²) >= 11 is 9.04. The minimum Gasteiger partial charge on any atom is -0.122 e. The maximum atomic E-state index is 5.64. The van der Waals surface area contributed by atoms with Gasteiger partial charge in [-0.05, 0) is 30.5 Å². The van der Waals surface area contributed by atoms with Crippen LogP contribution in [-0.2, 0) is 6.42 Å². The zero-order chi connectivity index (χ0) is 9.68. The third kappa shape index (κ3) is 3.97. The number of allylic oxidation sites excluding steroid dienone is 1. The van der Waals surface area contributed by atoms with Crippen LogP contribution in [0.3, 0.4) is 0 Å². The summed E-state index contributed by atoms with van der Waals surface area (Å²) in [6.45, 7) is 3.86. The van der Waals surface area contributed by atoms with E-state index in [0.29, 0.717) is 5.88 Å². The van der Waals surface area contributed by atoms with Gasteiger partial charge in [-0.15, -0.1) is 11.6 Å². The van der Waals surface area contributed by atoms with Gasteiger partial charge in [-0.1, -0.05) is 40.2 Å². The molecule has 2 heteroatoms. The van der Waals surface area contributed by atoms with E-state index in [1.54, 1.807) is 0 Å². The van der Waals surface area contributed by atoms with Crippen LogP contribution in [0.1, 0.15) is 12.0 Å². The molecular weight excluding hydrogens is 247 g/mol. The summed E-state index contributed by atoms with van der Waals surface area (Å²) < 4.78 is 1.12. The second-order valence-corrected chi connectivity index (χ2v) is 4.19. The Morgan fingerprint density at radius 2 is 1.92 bits per heavy atom. The summed E-state index contributed by atoms with van der Waals surface area (Å²) in [7, 11) is 0. The molecule has 0 saturated carbocycles. The number of rotatable bonds is 4. The maximum Gasteiger partial charge on any atom is 0.0431 e. The van der Waals surface area contributed by atoms with Crippen molar-refractivity contribution in [3.63, 3.8) is 0 Å². The van der Waals surface area contributed by atoms with Crippen LogP contribution in [0.25, 0.3) is 0 Å². The van der Waals surface area contributed by atoms with E-state index < -0.39 is 0 Å². The molecule has 13 heavy (non-hydrogen) atoms. The summed E-state index contributed by atoms with van der Waals surface area (Å²) in [6, 6.07) is 8.34.